The van der Waals surface area contributed by atoms with Gasteiger partial charge < -0.3 is 37.1 Å². The number of amides is 6. The molecule has 0 heterocycles. The van der Waals surface area contributed by atoms with Crippen molar-refractivity contribution in [2.45, 2.75) is 93.3 Å². The first-order chi connectivity index (χ1) is 19.2. The van der Waals surface area contributed by atoms with Gasteiger partial charge in [0.25, 0.3) is 0 Å². The number of ether oxygens (including phenoxy) is 1. The van der Waals surface area contributed by atoms with Crippen LogP contribution in [0.1, 0.15) is 80.2 Å². The number of anilines is 1. The van der Waals surface area contributed by atoms with Gasteiger partial charge in [0.15, 0.2) is 0 Å². The zero-order valence-electron chi connectivity index (χ0n) is 25.8. The number of nitrogens with one attached hydrogen (secondary N) is 5. The molecule has 232 valence electrons. The van der Waals surface area contributed by atoms with Crippen molar-refractivity contribution in [3.05, 3.63) is 29.8 Å². The Labute approximate surface area is 244 Å². The topological polar surface area (TPSA) is 181 Å². The summed E-state index contributed by atoms with van der Waals surface area (Å²) in [5.41, 5.74) is 6.41. The van der Waals surface area contributed by atoms with Crippen LogP contribution in [0.15, 0.2) is 24.3 Å². The number of urea groups is 1. The van der Waals surface area contributed by atoms with Gasteiger partial charge >= 0.3 is 12.1 Å². The van der Waals surface area contributed by atoms with E-state index in [1.807, 2.05) is 13.8 Å². The third-order valence-electron chi connectivity index (χ3n) is 5.65. The molecule has 1 aromatic carbocycles. The standard InChI is InChI=1S/C27H44N6O6.C2H6/c1-17(2)22(31-18(3)34)24(36)33-21(8-7-14-29-25(28)37)23(35)32-20-11-9-19(10-12-20)16-39-26(38)30-15-13-27(4,5)6;1-2/h9-12,17,21-22H,7-8,13-16H2,1-6H3,(H,30,38)(H,31,34)(H,32,35)(H,33,36)(H3,28,29,37);1-2H3/t21-,22-;/m1./s1. The first-order valence-corrected chi connectivity index (χ1v) is 14.1. The molecule has 7 N–H and O–H groups in total. The van der Waals surface area contributed by atoms with E-state index < -0.39 is 36.0 Å². The number of carbonyl (C=O) groups excluding carboxylic acids is 5. The fourth-order valence-electron chi connectivity index (χ4n) is 3.46. The van der Waals surface area contributed by atoms with Gasteiger partial charge in [-0.3, -0.25) is 14.4 Å². The minimum Gasteiger partial charge on any atom is -0.445 e. The molecule has 1 aromatic rings. The number of carbonyl (C=O) groups is 5. The fourth-order valence-corrected chi connectivity index (χ4v) is 3.46. The summed E-state index contributed by atoms with van der Waals surface area (Å²) in [5, 5.41) is 13.2. The first-order valence-electron chi connectivity index (χ1n) is 14.1. The fraction of sp³-hybridized carbons (Fsp3) is 0.621. The maximum atomic E-state index is 13.1. The molecule has 0 bridgehead atoms. The van der Waals surface area contributed by atoms with E-state index in [1.165, 1.54) is 6.92 Å². The number of rotatable bonds is 14. The zero-order valence-corrected chi connectivity index (χ0v) is 25.8. The average Bonchev–Trinajstić information content (AvgIpc) is 2.88. The van der Waals surface area contributed by atoms with Crippen molar-refractivity contribution >= 4 is 35.5 Å². The number of alkyl carbamates (subject to hydrolysis) is 1. The highest BCUT2D eigenvalue weighted by molar-refractivity contribution is 5.98. The van der Waals surface area contributed by atoms with E-state index in [0.717, 1.165) is 12.0 Å². The molecule has 12 nitrogen and oxygen atoms in total. The van der Waals surface area contributed by atoms with E-state index in [-0.39, 0.29) is 36.8 Å². The van der Waals surface area contributed by atoms with Crippen molar-refractivity contribution in [1.82, 2.24) is 21.3 Å². The van der Waals surface area contributed by atoms with Crippen molar-refractivity contribution in [3.63, 3.8) is 0 Å². The van der Waals surface area contributed by atoms with Crippen LogP contribution >= 0.6 is 0 Å². The van der Waals surface area contributed by atoms with Crippen LogP contribution in [0.5, 0.6) is 0 Å². The van der Waals surface area contributed by atoms with Gasteiger partial charge in [0.2, 0.25) is 17.7 Å². The number of hydrogen-bond donors (Lipinski definition) is 6. The lowest BCUT2D eigenvalue weighted by Crippen LogP contribution is -2.54. The van der Waals surface area contributed by atoms with Crippen molar-refractivity contribution in [2.24, 2.45) is 17.1 Å². The predicted octanol–water partition coefficient (Wildman–Crippen LogP) is 3.41. The second kappa shape index (κ2) is 19.3. The van der Waals surface area contributed by atoms with Crippen LogP contribution in [0.3, 0.4) is 0 Å². The number of nitrogens with two attached hydrogens (primary N) is 1. The highest BCUT2D eigenvalue weighted by atomic mass is 16.5. The summed E-state index contributed by atoms with van der Waals surface area (Å²) in [6.07, 6.45) is 0.922. The molecule has 0 spiro atoms. The normalized spacial score (nSPS) is 12.1. The van der Waals surface area contributed by atoms with Crippen molar-refractivity contribution in [2.75, 3.05) is 18.4 Å². The molecule has 0 aromatic heterocycles. The van der Waals surface area contributed by atoms with Gasteiger partial charge in [0.05, 0.1) is 0 Å². The highest BCUT2D eigenvalue weighted by Crippen LogP contribution is 2.17. The van der Waals surface area contributed by atoms with Crippen LogP contribution in [-0.2, 0) is 25.7 Å². The molecule has 0 aliphatic heterocycles. The molecule has 2 atom stereocenters. The molecule has 0 radical (unpaired) electrons. The predicted molar refractivity (Wildman–Crippen MR) is 160 cm³/mol. The van der Waals surface area contributed by atoms with Crippen molar-refractivity contribution in [3.8, 4) is 0 Å². The molecule has 0 fully saturated rings. The van der Waals surface area contributed by atoms with Gasteiger partial charge in [-0.1, -0.05) is 60.6 Å². The lowest BCUT2D eigenvalue weighted by atomic mass is 9.92. The Hall–Kier alpha value is -3.83. The summed E-state index contributed by atoms with van der Waals surface area (Å²) in [6, 6.07) is 4.33. The van der Waals surface area contributed by atoms with Crippen LogP contribution in [-0.4, -0.2) is 55.0 Å². The van der Waals surface area contributed by atoms with Crippen LogP contribution < -0.4 is 32.3 Å². The summed E-state index contributed by atoms with van der Waals surface area (Å²) in [7, 11) is 0. The monoisotopic (exact) mass is 578 g/mol. The Morgan fingerprint density at radius 2 is 1.51 bits per heavy atom. The van der Waals surface area contributed by atoms with Gasteiger partial charge in [-0.2, -0.15) is 0 Å². The van der Waals surface area contributed by atoms with Crippen molar-refractivity contribution in [1.29, 1.82) is 0 Å². The van der Waals surface area contributed by atoms with E-state index in [9.17, 15) is 24.0 Å². The molecule has 12 heteroatoms. The van der Waals surface area contributed by atoms with Crippen LogP contribution in [0, 0.1) is 11.3 Å². The Morgan fingerprint density at radius 3 is 2.02 bits per heavy atom. The average molecular weight is 579 g/mol. The van der Waals surface area contributed by atoms with Crippen LogP contribution in [0.25, 0.3) is 0 Å². The Morgan fingerprint density at radius 1 is 0.902 bits per heavy atom. The quantitative estimate of drug-likeness (QED) is 0.184. The molecular weight excluding hydrogens is 528 g/mol. The molecule has 0 saturated heterocycles. The SMILES string of the molecule is CC.CC(=O)N[C@@H](C(=O)N[C@H](CCCNC(N)=O)C(=O)Nc1ccc(COC(=O)NCCC(C)(C)C)cc1)C(C)C. The van der Waals surface area contributed by atoms with E-state index in [2.05, 4.69) is 47.4 Å². The van der Waals surface area contributed by atoms with E-state index >= 15 is 0 Å². The minimum atomic E-state index is -0.929. The Kier molecular flexibility index (Phi) is 17.5. The summed E-state index contributed by atoms with van der Waals surface area (Å²) >= 11 is 0. The smallest absolute Gasteiger partial charge is 0.407 e. The first kappa shape index (κ1) is 37.2. The third-order valence-corrected chi connectivity index (χ3v) is 5.65. The number of primary amides is 1. The van der Waals surface area contributed by atoms with Gasteiger partial charge in [-0.25, -0.2) is 9.59 Å². The molecule has 0 aliphatic rings. The van der Waals surface area contributed by atoms with Crippen molar-refractivity contribution < 1.29 is 28.7 Å². The molecular formula is C29H50N6O6. The van der Waals surface area contributed by atoms with Gasteiger partial charge in [0, 0.05) is 25.7 Å². The van der Waals surface area contributed by atoms with Crippen LogP contribution in [0.4, 0.5) is 15.3 Å². The lowest BCUT2D eigenvalue weighted by Gasteiger charge is -2.25. The second-order valence-corrected chi connectivity index (χ2v) is 10.9. The maximum Gasteiger partial charge on any atom is 0.407 e. The molecule has 0 aliphatic carbocycles. The molecule has 41 heavy (non-hydrogen) atoms. The summed E-state index contributed by atoms with van der Waals surface area (Å²) < 4.78 is 5.23. The van der Waals surface area contributed by atoms with E-state index in [1.54, 1.807) is 38.1 Å². The molecule has 6 amide bonds. The number of benzene rings is 1. The Bertz CT molecular complexity index is 975. The van der Waals surface area contributed by atoms with Gasteiger partial charge in [0.1, 0.15) is 18.7 Å². The summed E-state index contributed by atoms with van der Waals surface area (Å²) in [6.45, 7) is 16.0. The lowest BCUT2D eigenvalue weighted by molar-refractivity contribution is -0.131. The van der Waals surface area contributed by atoms with E-state index in [0.29, 0.717) is 18.7 Å². The molecule has 1 rings (SSSR count). The van der Waals surface area contributed by atoms with Gasteiger partial charge in [-0.05, 0) is 48.3 Å². The maximum absolute atomic E-state index is 13.1. The van der Waals surface area contributed by atoms with Gasteiger partial charge in [-0.15, -0.1) is 0 Å². The summed E-state index contributed by atoms with van der Waals surface area (Å²) in [5.74, 6) is -1.52. The summed E-state index contributed by atoms with van der Waals surface area (Å²) in [4.78, 5) is 60.3. The number of hydrogen-bond acceptors (Lipinski definition) is 6. The molecule has 0 saturated carbocycles. The highest BCUT2D eigenvalue weighted by Gasteiger charge is 2.28. The van der Waals surface area contributed by atoms with E-state index in [4.69, 9.17) is 10.5 Å². The third kappa shape index (κ3) is 17.5. The minimum absolute atomic E-state index is 0.0703. The van der Waals surface area contributed by atoms with Crippen LogP contribution in [0.2, 0.25) is 0 Å². The Balaban J connectivity index is 0.00000781. The second-order valence-electron chi connectivity index (χ2n) is 10.9. The largest absolute Gasteiger partial charge is 0.445 e. The molecule has 0 unspecified atom stereocenters. The zero-order chi connectivity index (χ0) is 31.6.